The number of hydrogen-bond acceptors (Lipinski definition) is 4. The van der Waals surface area contributed by atoms with Crippen molar-refractivity contribution in [3.8, 4) is 5.88 Å². The van der Waals surface area contributed by atoms with E-state index in [1.165, 1.54) is 11.1 Å². The van der Waals surface area contributed by atoms with Crippen LogP contribution in [-0.4, -0.2) is 42.1 Å². The molecule has 4 rings (SSSR count). The summed E-state index contributed by atoms with van der Waals surface area (Å²) in [5.41, 5.74) is 2.56. The Morgan fingerprint density at radius 3 is 2.70 bits per heavy atom. The lowest BCUT2D eigenvalue weighted by Gasteiger charge is -2.38. The molecule has 0 unspecified atom stereocenters. The highest BCUT2D eigenvalue weighted by molar-refractivity contribution is 6.34. The summed E-state index contributed by atoms with van der Waals surface area (Å²) in [5.74, 6) is 0.232. The number of amides is 1. The van der Waals surface area contributed by atoms with E-state index in [9.17, 15) is 4.79 Å². The van der Waals surface area contributed by atoms with Crippen LogP contribution >= 0.6 is 11.6 Å². The van der Waals surface area contributed by atoms with E-state index in [-0.39, 0.29) is 17.0 Å². The van der Waals surface area contributed by atoms with Crippen LogP contribution in [0.1, 0.15) is 40.9 Å². The Labute approximate surface area is 163 Å². The van der Waals surface area contributed by atoms with E-state index in [0.29, 0.717) is 43.8 Å². The summed E-state index contributed by atoms with van der Waals surface area (Å²) in [5, 5.41) is 7.70. The summed E-state index contributed by atoms with van der Waals surface area (Å²) in [6, 6.07) is 8.55. The van der Waals surface area contributed by atoms with Crippen molar-refractivity contribution in [2.45, 2.75) is 38.1 Å². The number of carbonyl (C=O) groups is 1. The highest BCUT2D eigenvalue weighted by Gasteiger charge is 2.35. The van der Waals surface area contributed by atoms with Crippen LogP contribution in [0, 0.1) is 6.92 Å². The lowest BCUT2D eigenvalue weighted by atomic mass is 9.74. The molecule has 2 aromatic rings. The highest BCUT2D eigenvalue weighted by atomic mass is 35.5. The first-order chi connectivity index (χ1) is 13.1. The topological polar surface area (TPSA) is 65.4 Å². The minimum atomic E-state index is -0.261. The molecular formula is C20H24ClN3O3. The Kier molecular flexibility index (Phi) is 5.10. The van der Waals surface area contributed by atoms with Gasteiger partial charge in [0.15, 0.2) is 5.69 Å². The largest absolute Gasteiger partial charge is 0.477 e. The third-order valence-corrected chi connectivity index (χ3v) is 5.86. The number of fused-ring (bicyclic) bond motifs is 1. The van der Waals surface area contributed by atoms with E-state index < -0.39 is 0 Å². The van der Waals surface area contributed by atoms with Crippen molar-refractivity contribution < 1.29 is 14.3 Å². The maximum atomic E-state index is 12.8. The lowest BCUT2D eigenvalue weighted by Crippen LogP contribution is -2.44. The minimum Gasteiger partial charge on any atom is -0.477 e. The molecule has 2 aliphatic rings. The quantitative estimate of drug-likeness (QED) is 0.872. The van der Waals surface area contributed by atoms with Crippen LogP contribution in [0.2, 0.25) is 5.02 Å². The van der Waals surface area contributed by atoms with Crippen LogP contribution in [0.5, 0.6) is 5.88 Å². The van der Waals surface area contributed by atoms with Gasteiger partial charge in [-0.2, -0.15) is 5.10 Å². The number of nitrogens with zero attached hydrogens (tertiary/aromatic N) is 2. The number of carbonyl (C=O) groups excluding carboxylic acids is 1. The van der Waals surface area contributed by atoms with Gasteiger partial charge >= 0.3 is 0 Å². The van der Waals surface area contributed by atoms with Crippen molar-refractivity contribution in [1.29, 1.82) is 0 Å². The van der Waals surface area contributed by atoms with Gasteiger partial charge in [0, 0.05) is 38.1 Å². The van der Waals surface area contributed by atoms with E-state index in [1.54, 1.807) is 4.68 Å². The van der Waals surface area contributed by atoms with E-state index in [2.05, 4.69) is 41.6 Å². The van der Waals surface area contributed by atoms with Crippen LogP contribution in [0.3, 0.4) is 0 Å². The highest BCUT2D eigenvalue weighted by Crippen LogP contribution is 2.35. The normalized spacial score (nSPS) is 18.4. The first-order valence-electron chi connectivity index (χ1n) is 9.41. The molecule has 0 aliphatic carbocycles. The van der Waals surface area contributed by atoms with E-state index in [0.717, 1.165) is 19.3 Å². The standard InChI is InChI=1S/C20H24ClN3O3/c1-14-3-5-15(6-4-14)20(7-11-26-12-8-20)13-22-18(25)17-16(21)19-24(23-17)9-2-10-27-19/h3-6H,2,7-13H2,1H3,(H,22,25). The van der Waals surface area contributed by atoms with Gasteiger partial charge in [-0.05, 0) is 25.3 Å². The number of ether oxygens (including phenoxy) is 2. The van der Waals surface area contributed by atoms with Crippen molar-refractivity contribution >= 4 is 17.5 Å². The fourth-order valence-corrected chi connectivity index (χ4v) is 4.09. The predicted molar refractivity (Wildman–Crippen MR) is 103 cm³/mol. The Morgan fingerprint density at radius 1 is 1.26 bits per heavy atom. The first kappa shape index (κ1) is 18.3. The molecule has 6 nitrogen and oxygen atoms in total. The summed E-state index contributed by atoms with van der Waals surface area (Å²) >= 11 is 6.34. The van der Waals surface area contributed by atoms with Gasteiger partial charge in [0.05, 0.1) is 6.61 Å². The van der Waals surface area contributed by atoms with Crippen LogP contribution in [0.15, 0.2) is 24.3 Å². The average Bonchev–Trinajstić information content (AvgIpc) is 3.04. The molecule has 0 saturated carbocycles. The van der Waals surface area contributed by atoms with Gasteiger partial charge < -0.3 is 14.8 Å². The van der Waals surface area contributed by atoms with Gasteiger partial charge in [0.2, 0.25) is 5.88 Å². The number of aryl methyl sites for hydroxylation is 2. The average molecular weight is 390 g/mol. The molecule has 1 saturated heterocycles. The molecular weight excluding hydrogens is 366 g/mol. The molecule has 144 valence electrons. The Bertz CT molecular complexity index is 826. The Hall–Kier alpha value is -2.05. The van der Waals surface area contributed by atoms with Crippen molar-refractivity contribution in [3.63, 3.8) is 0 Å². The summed E-state index contributed by atoms with van der Waals surface area (Å²) in [6.07, 6.45) is 2.60. The maximum absolute atomic E-state index is 12.8. The van der Waals surface area contributed by atoms with Crippen molar-refractivity contribution in [2.24, 2.45) is 0 Å². The number of nitrogens with one attached hydrogen (secondary N) is 1. The fraction of sp³-hybridized carbons (Fsp3) is 0.500. The zero-order valence-electron chi connectivity index (χ0n) is 15.5. The first-order valence-corrected chi connectivity index (χ1v) is 9.79. The molecule has 2 aliphatic heterocycles. The fourth-order valence-electron chi connectivity index (χ4n) is 3.81. The summed E-state index contributed by atoms with van der Waals surface area (Å²) < 4.78 is 12.8. The third kappa shape index (κ3) is 3.56. The van der Waals surface area contributed by atoms with Gasteiger partial charge in [-0.3, -0.25) is 4.79 Å². The van der Waals surface area contributed by atoms with Crippen LogP contribution < -0.4 is 10.1 Å². The van der Waals surface area contributed by atoms with Gasteiger partial charge in [0.25, 0.3) is 5.91 Å². The van der Waals surface area contributed by atoms with Gasteiger partial charge in [-0.1, -0.05) is 41.4 Å². The smallest absolute Gasteiger partial charge is 0.273 e. The summed E-state index contributed by atoms with van der Waals surface area (Å²) in [7, 11) is 0. The molecule has 3 heterocycles. The molecule has 7 heteroatoms. The van der Waals surface area contributed by atoms with Gasteiger partial charge in [0.1, 0.15) is 5.02 Å². The molecule has 1 aromatic carbocycles. The molecule has 1 amide bonds. The van der Waals surface area contributed by atoms with Crippen molar-refractivity contribution in [3.05, 3.63) is 46.1 Å². The maximum Gasteiger partial charge on any atom is 0.273 e. The predicted octanol–water partition coefficient (Wildman–Crippen LogP) is 3.11. The van der Waals surface area contributed by atoms with Gasteiger partial charge in [-0.15, -0.1) is 0 Å². The number of rotatable bonds is 4. The zero-order chi connectivity index (χ0) is 18.9. The number of halogens is 1. The molecule has 0 radical (unpaired) electrons. The molecule has 1 N–H and O–H groups in total. The lowest BCUT2D eigenvalue weighted by molar-refractivity contribution is 0.0486. The van der Waals surface area contributed by atoms with Gasteiger partial charge in [-0.25, -0.2) is 4.68 Å². The van der Waals surface area contributed by atoms with Crippen molar-refractivity contribution in [1.82, 2.24) is 15.1 Å². The molecule has 1 aromatic heterocycles. The second kappa shape index (κ2) is 7.52. The number of benzene rings is 1. The van der Waals surface area contributed by atoms with E-state index in [4.69, 9.17) is 21.1 Å². The molecule has 27 heavy (non-hydrogen) atoms. The monoisotopic (exact) mass is 389 g/mol. The zero-order valence-corrected chi connectivity index (χ0v) is 16.2. The second-order valence-electron chi connectivity index (χ2n) is 7.33. The van der Waals surface area contributed by atoms with E-state index in [1.807, 2.05) is 0 Å². The second-order valence-corrected chi connectivity index (χ2v) is 7.71. The third-order valence-electron chi connectivity index (χ3n) is 5.52. The summed E-state index contributed by atoms with van der Waals surface area (Å²) in [6.45, 7) is 5.30. The van der Waals surface area contributed by atoms with Crippen molar-refractivity contribution in [2.75, 3.05) is 26.4 Å². The van der Waals surface area contributed by atoms with Crippen LogP contribution in [0.4, 0.5) is 0 Å². The minimum absolute atomic E-state index is 0.135. The molecule has 0 spiro atoms. The molecule has 1 fully saturated rings. The molecule has 0 atom stereocenters. The molecule has 0 bridgehead atoms. The van der Waals surface area contributed by atoms with Crippen LogP contribution in [-0.2, 0) is 16.7 Å². The Balaban J connectivity index is 1.53. The number of hydrogen-bond donors (Lipinski definition) is 1. The Morgan fingerprint density at radius 2 is 2.00 bits per heavy atom. The SMILES string of the molecule is Cc1ccc(C2(CNC(=O)c3nn4c(c3Cl)OCCC4)CCOCC2)cc1. The summed E-state index contributed by atoms with van der Waals surface area (Å²) in [4.78, 5) is 12.8. The number of aromatic nitrogens is 2. The van der Waals surface area contributed by atoms with Crippen LogP contribution in [0.25, 0.3) is 0 Å². The van der Waals surface area contributed by atoms with E-state index >= 15 is 0 Å².